The van der Waals surface area contributed by atoms with Gasteiger partial charge in [0.1, 0.15) is 0 Å². The molecule has 0 aromatic heterocycles. The third kappa shape index (κ3) is 2.58. The van der Waals surface area contributed by atoms with Crippen LogP contribution in [0.1, 0.15) is 39.4 Å². The molecule has 108 valence electrons. The van der Waals surface area contributed by atoms with E-state index in [2.05, 4.69) is 50.8 Å². The van der Waals surface area contributed by atoms with Crippen molar-refractivity contribution in [3.63, 3.8) is 0 Å². The van der Waals surface area contributed by atoms with Gasteiger partial charge in [0, 0.05) is 5.54 Å². The molecule has 0 radical (unpaired) electrons. The molecule has 0 fully saturated rings. The van der Waals surface area contributed by atoms with Crippen LogP contribution in [0.15, 0.2) is 42.5 Å². The average Bonchev–Trinajstić information content (AvgIpc) is 2.47. The molecule has 20 heavy (non-hydrogen) atoms. The van der Waals surface area contributed by atoms with E-state index in [0.717, 1.165) is 24.0 Å². The van der Waals surface area contributed by atoms with Gasteiger partial charge >= 0.3 is 0 Å². The Morgan fingerprint density at radius 1 is 1.00 bits per heavy atom. The van der Waals surface area contributed by atoms with E-state index in [1.54, 1.807) is 0 Å². The first kappa shape index (κ1) is 15.0. The first-order valence-electron chi connectivity index (χ1n) is 7.43. The van der Waals surface area contributed by atoms with Crippen molar-refractivity contribution < 1.29 is 5.11 Å². The second kappa shape index (κ2) is 5.94. The van der Waals surface area contributed by atoms with E-state index in [1.807, 2.05) is 24.3 Å². The van der Waals surface area contributed by atoms with Crippen molar-refractivity contribution in [3.8, 4) is 0 Å². The van der Waals surface area contributed by atoms with Gasteiger partial charge in [0.2, 0.25) is 0 Å². The summed E-state index contributed by atoms with van der Waals surface area (Å²) in [5.41, 5.74) is 0.730. The molecule has 2 aromatic rings. The van der Waals surface area contributed by atoms with E-state index >= 15 is 0 Å². The lowest BCUT2D eigenvalue weighted by molar-refractivity contribution is -0.00544. The predicted molar refractivity (Wildman–Crippen MR) is 85.9 cm³/mol. The second-order valence-corrected chi connectivity index (χ2v) is 5.80. The summed E-state index contributed by atoms with van der Waals surface area (Å²) in [5.74, 6) is 0. The third-order valence-corrected chi connectivity index (χ3v) is 4.37. The molecular weight excluding hydrogens is 246 g/mol. The van der Waals surface area contributed by atoms with Crippen molar-refractivity contribution in [2.45, 2.75) is 39.3 Å². The number of fused-ring (bicyclic) bond motifs is 1. The zero-order valence-corrected chi connectivity index (χ0v) is 12.9. The molecule has 1 atom stereocenters. The van der Waals surface area contributed by atoms with Crippen LogP contribution in [-0.4, -0.2) is 28.6 Å². The topological polar surface area (TPSA) is 23.5 Å². The molecule has 0 aliphatic heterocycles. The second-order valence-electron chi connectivity index (χ2n) is 5.80. The number of hydrogen-bond acceptors (Lipinski definition) is 2. The van der Waals surface area contributed by atoms with E-state index in [4.69, 9.17) is 0 Å². The highest BCUT2D eigenvalue weighted by atomic mass is 16.3. The van der Waals surface area contributed by atoms with Gasteiger partial charge in [-0.25, -0.2) is 0 Å². The highest BCUT2D eigenvalue weighted by Crippen LogP contribution is 2.34. The maximum absolute atomic E-state index is 10.9. The first-order chi connectivity index (χ1) is 9.52. The van der Waals surface area contributed by atoms with E-state index in [0.29, 0.717) is 0 Å². The Balaban J connectivity index is 2.48. The number of aliphatic hydroxyl groups excluding tert-OH is 1. The fourth-order valence-corrected chi connectivity index (χ4v) is 3.08. The van der Waals surface area contributed by atoms with Crippen LogP contribution < -0.4 is 0 Å². The van der Waals surface area contributed by atoms with Gasteiger partial charge < -0.3 is 5.11 Å². The molecule has 0 amide bonds. The minimum Gasteiger partial charge on any atom is -0.386 e. The van der Waals surface area contributed by atoms with Crippen LogP contribution in [0.2, 0.25) is 0 Å². The molecule has 0 saturated heterocycles. The van der Waals surface area contributed by atoms with Gasteiger partial charge in [-0.3, -0.25) is 4.90 Å². The van der Waals surface area contributed by atoms with Crippen LogP contribution in [-0.2, 0) is 0 Å². The Bertz CT molecular complexity index is 567. The number of rotatable bonds is 5. The summed E-state index contributed by atoms with van der Waals surface area (Å²) in [6.07, 6.45) is -0.506. The van der Waals surface area contributed by atoms with Crippen molar-refractivity contribution in [2.24, 2.45) is 0 Å². The zero-order chi connectivity index (χ0) is 14.8. The predicted octanol–water partition coefficient (Wildman–Crippen LogP) is 3.99. The van der Waals surface area contributed by atoms with Crippen LogP contribution in [0.25, 0.3) is 10.8 Å². The summed E-state index contributed by atoms with van der Waals surface area (Å²) in [6.45, 7) is 10.4. The fraction of sp³-hybridized carbons (Fsp3) is 0.444. The molecule has 0 aliphatic rings. The largest absolute Gasteiger partial charge is 0.386 e. The highest BCUT2D eigenvalue weighted by Gasteiger charge is 2.34. The fourth-order valence-electron chi connectivity index (χ4n) is 3.08. The van der Waals surface area contributed by atoms with Crippen LogP contribution in [0, 0.1) is 0 Å². The SMILES string of the molecule is CCN(CC)C(C)(C)C(O)c1cccc2ccccc12. The minimum atomic E-state index is -0.506. The molecule has 2 aromatic carbocycles. The number of nitrogens with zero attached hydrogens (tertiary/aromatic N) is 1. The summed E-state index contributed by atoms with van der Waals surface area (Å²) in [5, 5.41) is 13.3. The Morgan fingerprint density at radius 3 is 2.25 bits per heavy atom. The molecule has 0 spiro atoms. The van der Waals surface area contributed by atoms with Crippen LogP contribution in [0.5, 0.6) is 0 Å². The Morgan fingerprint density at radius 2 is 1.60 bits per heavy atom. The van der Waals surface area contributed by atoms with Gasteiger partial charge in [-0.05, 0) is 43.3 Å². The van der Waals surface area contributed by atoms with Gasteiger partial charge in [0.15, 0.2) is 0 Å². The van der Waals surface area contributed by atoms with Crippen molar-refractivity contribution in [2.75, 3.05) is 13.1 Å². The molecule has 2 nitrogen and oxygen atoms in total. The maximum atomic E-state index is 10.9. The van der Waals surface area contributed by atoms with Crippen molar-refractivity contribution in [1.29, 1.82) is 0 Å². The zero-order valence-electron chi connectivity index (χ0n) is 12.9. The number of likely N-dealkylation sites (N-methyl/N-ethyl adjacent to an activating group) is 1. The van der Waals surface area contributed by atoms with E-state index in [-0.39, 0.29) is 5.54 Å². The monoisotopic (exact) mass is 271 g/mol. The van der Waals surface area contributed by atoms with Crippen LogP contribution in [0.3, 0.4) is 0 Å². The summed E-state index contributed by atoms with van der Waals surface area (Å²) in [4.78, 5) is 2.30. The molecule has 1 unspecified atom stereocenters. The van der Waals surface area contributed by atoms with Gasteiger partial charge in [0.05, 0.1) is 6.10 Å². The Labute approximate surface area is 122 Å². The molecule has 0 bridgehead atoms. The molecule has 1 N–H and O–H groups in total. The van der Waals surface area contributed by atoms with Crippen molar-refractivity contribution >= 4 is 10.8 Å². The number of aliphatic hydroxyl groups is 1. The van der Waals surface area contributed by atoms with E-state index < -0.39 is 6.10 Å². The Kier molecular flexibility index (Phi) is 4.46. The molecular formula is C18H25NO. The van der Waals surface area contributed by atoms with E-state index in [9.17, 15) is 5.11 Å². The third-order valence-electron chi connectivity index (χ3n) is 4.37. The molecule has 0 aliphatic carbocycles. The minimum absolute atomic E-state index is 0.284. The molecule has 2 rings (SSSR count). The summed E-state index contributed by atoms with van der Waals surface area (Å²) >= 11 is 0. The van der Waals surface area contributed by atoms with Crippen LogP contribution >= 0.6 is 0 Å². The highest BCUT2D eigenvalue weighted by molar-refractivity contribution is 5.86. The van der Waals surface area contributed by atoms with Gasteiger partial charge in [0.25, 0.3) is 0 Å². The lowest BCUT2D eigenvalue weighted by Gasteiger charge is -2.41. The summed E-state index contributed by atoms with van der Waals surface area (Å²) < 4.78 is 0. The van der Waals surface area contributed by atoms with Gasteiger partial charge in [-0.1, -0.05) is 56.3 Å². The molecule has 0 heterocycles. The standard InChI is InChI=1S/C18H25NO/c1-5-19(6-2)18(3,4)17(20)16-13-9-11-14-10-7-8-12-15(14)16/h7-13,17,20H,5-6H2,1-4H3. The smallest absolute Gasteiger partial charge is 0.0974 e. The Hall–Kier alpha value is -1.38. The lowest BCUT2D eigenvalue weighted by atomic mass is 9.87. The molecule has 2 heteroatoms. The number of hydrogen-bond donors (Lipinski definition) is 1. The van der Waals surface area contributed by atoms with E-state index in [1.165, 1.54) is 5.39 Å². The van der Waals surface area contributed by atoms with Gasteiger partial charge in [-0.15, -0.1) is 0 Å². The summed E-state index contributed by atoms with van der Waals surface area (Å²) in [6, 6.07) is 14.4. The van der Waals surface area contributed by atoms with Crippen LogP contribution in [0.4, 0.5) is 0 Å². The number of benzene rings is 2. The average molecular weight is 271 g/mol. The maximum Gasteiger partial charge on any atom is 0.0974 e. The quantitative estimate of drug-likeness (QED) is 0.888. The lowest BCUT2D eigenvalue weighted by Crippen LogP contribution is -2.48. The normalized spacial score (nSPS) is 13.9. The van der Waals surface area contributed by atoms with Gasteiger partial charge in [-0.2, -0.15) is 0 Å². The van der Waals surface area contributed by atoms with Crippen molar-refractivity contribution in [1.82, 2.24) is 4.90 Å². The van der Waals surface area contributed by atoms with Crippen molar-refractivity contribution in [3.05, 3.63) is 48.0 Å². The first-order valence-corrected chi connectivity index (χ1v) is 7.43. The summed E-state index contributed by atoms with van der Waals surface area (Å²) in [7, 11) is 0. The molecule has 0 saturated carbocycles.